The molecule has 0 bridgehead atoms. The summed E-state index contributed by atoms with van der Waals surface area (Å²) in [5.74, 6) is 0.419. The maximum absolute atomic E-state index is 10.9. The minimum Gasteiger partial charge on any atom is -0.478 e. The van der Waals surface area contributed by atoms with E-state index in [2.05, 4.69) is 14.9 Å². The molecule has 1 fully saturated rings. The van der Waals surface area contributed by atoms with E-state index in [0.717, 1.165) is 38.3 Å². The Kier molecular flexibility index (Phi) is 4.44. The zero-order valence-corrected chi connectivity index (χ0v) is 12.4. The fourth-order valence-corrected chi connectivity index (χ4v) is 2.98. The molecule has 0 aliphatic carbocycles. The van der Waals surface area contributed by atoms with Gasteiger partial charge in [-0.1, -0.05) is 12.1 Å². The number of likely N-dealkylation sites (tertiary alicyclic amines) is 1. The number of carboxylic acid groups (broad SMARTS) is 1. The second-order valence-corrected chi connectivity index (χ2v) is 5.67. The molecule has 5 heteroatoms. The third-order valence-corrected chi connectivity index (χ3v) is 4.12. The van der Waals surface area contributed by atoms with Gasteiger partial charge in [0.15, 0.2) is 0 Å². The number of carbonyl (C=O) groups is 1. The molecule has 1 aliphatic heterocycles. The summed E-state index contributed by atoms with van der Waals surface area (Å²) in [6, 6.07) is 9.09. The monoisotopic (exact) mass is 297 g/mol. The maximum atomic E-state index is 10.9. The van der Waals surface area contributed by atoms with E-state index < -0.39 is 5.97 Å². The number of benzene rings is 1. The molecule has 114 valence electrons. The number of hydrogen-bond acceptors (Lipinski definition) is 4. The summed E-state index contributed by atoms with van der Waals surface area (Å²) in [6.07, 6.45) is 5.82. The van der Waals surface area contributed by atoms with Crippen molar-refractivity contribution in [3.05, 3.63) is 59.7 Å². The largest absolute Gasteiger partial charge is 0.478 e. The average Bonchev–Trinajstić information content (AvgIpc) is 2.56. The van der Waals surface area contributed by atoms with Gasteiger partial charge >= 0.3 is 5.97 Å². The summed E-state index contributed by atoms with van der Waals surface area (Å²) in [7, 11) is 0. The summed E-state index contributed by atoms with van der Waals surface area (Å²) >= 11 is 0. The van der Waals surface area contributed by atoms with Gasteiger partial charge in [0.1, 0.15) is 5.82 Å². The predicted molar refractivity (Wildman–Crippen MR) is 82.7 cm³/mol. The van der Waals surface area contributed by atoms with Crippen LogP contribution in [0.1, 0.15) is 40.5 Å². The fraction of sp³-hybridized carbons (Fsp3) is 0.353. The lowest BCUT2D eigenvalue weighted by Crippen LogP contribution is -2.34. The van der Waals surface area contributed by atoms with Crippen LogP contribution in [0, 0.1) is 0 Å². The first-order chi connectivity index (χ1) is 10.7. The molecule has 1 atom stereocenters. The molecule has 3 rings (SSSR count). The van der Waals surface area contributed by atoms with Crippen LogP contribution < -0.4 is 0 Å². The van der Waals surface area contributed by atoms with Crippen LogP contribution >= 0.6 is 0 Å². The van der Waals surface area contributed by atoms with Crippen LogP contribution in [-0.2, 0) is 6.54 Å². The van der Waals surface area contributed by atoms with Crippen LogP contribution in [-0.4, -0.2) is 39.0 Å². The number of carboxylic acids is 1. The molecular formula is C17H19N3O2. The first-order valence-electron chi connectivity index (χ1n) is 7.54. The Hall–Kier alpha value is -2.27. The van der Waals surface area contributed by atoms with Crippen LogP contribution in [0.4, 0.5) is 0 Å². The van der Waals surface area contributed by atoms with Gasteiger partial charge in [-0.25, -0.2) is 14.8 Å². The molecule has 1 N–H and O–H groups in total. The third-order valence-electron chi connectivity index (χ3n) is 4.12. The van der Waals surface area contributed by atoms with Crippen LogP contribution in [0.5, 0.6) is 0 Å². The number of rotatable bonds is 4. The fourth-order valence-electron chi connectivity index (χ4n) is 2.98. The van der Waals surface area contributed by atoms with Gasteiger partial charge in [-0.15, -0.1) is 0 Å². The van der Waals surface area contributed by atoms with Crippen LogP contribution in [0.3, 0.4) is 0 Å². The Bertz CT molecular complexity index is 628. The van der Waals surface area contributed by atoms with Crippen molar-refractivity contribution in [3.8, 4) is 0 Å². The van der Waals surface area contributed by atoms with E-state index in [1.807, 2.05) is 18.2 Å². The Morgan fingerprint density at radius 3 is 2.64 bits per heavy atom. The van der Waals surface area contributed by atoms with Crippen molar-refractivity contribution >= 4 is 5.97 Å². The Morgan fingerprint density at radius 1 is 1.23 bits per heavy atom. The van der Waals surface area contributed by atoms with Gasteiger partial charge in [-0.05, 0) is 49.1 Å². The Labute approximate surface area is 129 Å². The van der Waals surface area contributed by atoms with Gasteiger partial charge in [0.2, 0.25) is 0 Å². The van der Waals surface area contributed by atoms with Gasteiger partial charge in [0, 0.05) is 18.9 Å². The first-order valence-corrected chi connectivity index (χ1v) is 7.54. The second-order valence-electron chi connectivity index (χ2n) is 5.67. The molecule has 1 aromatic carbocycles. The highest BCUT2D eigenvalue weighted by atomic mass is 16.4. The molecule has 2 heterocycles. The van der Waals surface area contributed by atoms with Crippen molar-refractivity contribution in [1.29, 1.82) is 0 Å². The van der Waals surface area contributed by atoms with E-state index in [1.54, 1.807) is 24.5 Å². The predicted octanol–water partition coefficient (Wildman–Crippen LogP) is 2.55. The number of hydrogen-bond donors (Lipinski definition) is 1. The van der Waals surface area contributed by atoms with Crippen LogP contribution in [0.2, 0.25) is 0 Å². The molecule has 0 saturated carbocycles. The average molecular weight is 297 g/mol. The highest BCUT2D eigenvalue weighted by Gasteiger charge is 2.22. The summed E-state index contributed by atoms with van der Waals surface area (Å²) in [5.41, 5.74) is 1.55. The highest BCUT2D eigenvalue weighted by molar-refractivity contribution is 5.87. The first kappa shape index (κ1) is 14.7. The molecule has 0 amide bonds. The van der Waals surface area contributed by atoms with Crippen molar-refractivity contribution in [2.75, 3.05) is 13.1 Å². The van der Waals surface area contributed by atoms with Crippen molar-refractivity contribution in [2.45, 2.75) is 25.3 Å². The number of aromatic nitrogens is 2. The number of piperidine rings is 1. The smallest absolute Gasteiger partial charge is 0.335 e. The zero-order valence-electron chi connectivity index (χ0n) is 12.4. The summed E-state index contributed by atoms with van der Waals surface area (Å²) < 4.78 is 0. The molecule has 1 saturated heterocycles. The normalized spacial score (nSPS) is 19.0. The van der Waals surface area contributed by atoms with Crippen molar-refractivity contribution in [3.63, 3.8) is 0 Å². The topological polar surface area (TPSA) is 66.3 Å². The van der Waals surface area contributed by atoms with Gasteiger partial charge in [-0.2, -0.15) is 0 Å². The Morgan fingerprint density at radius 2 is 1.95 bits per heavy atom. The van der Waals surface area contributed by atoms with Gasteiger partial charge < -0.3 is 5.11 Å². The quantitative estimate of drug-likeness (QED) is 0.939. The Balaban J connectivity index is 1.66. The molecule has 0 spiro atoms. The van der Waals surface area contributed by atoms with Crippen LogP contribution in [0.25, 0.3) is 0 Å². The molecule has 22 heavy (non-hydrogen) atoms. The standard InChI is InChI=1S/C17H19N3O2/c21-17(22)14-6-4-13(5-7-14)15-3-1-10-20(11-15)12-16-18-8-2-9-19-16/h2,4-9,15H,1,3,10-12H2,(H,21,22)/t15-/m1/s1. The SMILES string of the molecule is O=C(O)c1ccc([C@@H]2CCCN(Cc3ncccn3)C2)cc1. The molecule has 5 nitrogen and oxygen atoms in total. The molecule has 1 aromatic heterocycles. The van der Waals surface area contributed by atoms with E-state index in [-0.39, 0.29) is 0 Å². The zero-order chi connectivity index (χ0) is 15.4. The molecule has 0 unspecified atom stereocenters. The molecule has 2 aromatic rings. The minimum absolute atomic E-state index is 0.342. The summed E-state index contributed by atoms with van der Waals surface area (Å²) in [6.45, 7) is 2.79. The summed E-state index contributed by atoms with van der Waals surface area (Å²) in [5, 5.41) is 8.97. The van der Waals surface area contributed by atoms with Gasteiger partial charge in [-0.3, -0.25) is 4.90 Å². The van der Waals surface area contributed by atoms with Gasteiger partial charge in [0.05, 0.1) is 12.1 Å². The summed E-state index contributed by atoms with van der Waals surface area (Å²) in [4.78, 5) is 21.9. The lowest BCUT2D eigenvalue weighted by molar-refractivity contribution is 0.0697. The van der Waals surface area contributed by atoms with E-state index in [0.29, 0.717) is 11.5 Å². The minimum atomic E-state index is -0.877. The van der Waals surface area contributed by atoms with E-state index >= 15 is 0 Å². The molecule has 0 radical (unpaired) electrons. The highest BCUT2D eigenvalue weighted by Crippen LogP contribution is 2.27. The lowest BCUT2D eigenvalue weighted by atomic mass is 9.90. The van der Waals surface area contributed by atoms with Crippen molar-refractivity contribution in [1.82, 2.24) is 14.9 Å². The van der Waals surface area contributed by atoms with Crippen molar-refractivity contribution in [2.24, 2.45) is 0 Å². The van der Waals surface area contributed by atoms with E-state index in [4.69, 9.17) is 5.11 Å². The number of aromatic carboxylic acids is 1. The van der Waals surface area contributed by atoms with E-state index in [1.165, 1.54) is 5.56 Å². The van der Waals surface area contributed by atoms with Gasteiger partial charge in [0.25, 0.3) is 0 Å². The number of nitrogens with zero attached hydrogens (tertiary/aromatic N) is 3. The molecular weight excluding hydrogens is 278 g/mol. The second kappa shape index (κ2) is 6.66. The van der Waals surface area contributed by atoms with Crippen molar-refractivity contribution < 1.29 is 9.90 Å². The lowest BCUT2D eigenvalue weighted by Gasteiger charge is -2.32. The van der Waals surface area contributed by atoms with Crippen LogP contribution in [0.15, 0.2) is 42.7 Å². The maximum Gasteiger partial charge on any atom is 0.335 e. The molecule has 1 aliphatic rings. The third kappa shape index (κ3) is 3.49. The van der Waals surface area contributed by atoms with E-state index in [9.17, 15) is 4.79 Å².